The zero-order chi connectivity index (χ0) is 15.4. The Morgan fingerprint density at radius 1 is 1.18 bits per heavy atom. The van der Waals surface area contributed by atoms with Gasteiger partial charge < -0.3 is 0 Å². The Morgan fingerprint density at radius 3 is 2.59 bits per heavy atom. The zero-order valence-electron chi connectivity index (χ0n) is 11.8. The Morgan fingerprint density at radius 2 is 1.91 bits per heavy atom. The highest BCUT2D eigenvalue weighted by Gasteiger charge is 2.07. The number of rotatable bonds is 4. The van der Waals surface area contributed by atoms with E-state index in [-0.39, 0.29) is 0 Å². The van der Waals surface area contributed by atoms with Crippen molar-refractivity contribution in [2.24, 2.45) is 5.10 Å². The minimum Gasteiger partial charge on any atom is -0.265 e. The van der Waals surface area contributed by atoms with Crippen LogP contribution in [-0.2, 0) is 0 Å². The number of thioether (sulfide) groups is 1. The van der Waals surface area contributed by atoms with E-state index in [4.69, 9.17) is 12.2 Å². The van der Waals surface area contributed by atoms with Crippen LogP contribution in [0.15, 0.2) is 58.8 Å². The molecule has 3 aromatic rings. The largest absolute Gasteiger partial charge is 0.265 e. The molecule has 0 aliphatic heterocycles. The van der Waals surface area contributed by atoms with Crippen LogP contribution < -0.4 is 0 Å². The minimum absolute atomic E-state index is 0.448. The van der Waals surface area contributed by atoms with Gasteiger partial charge >= 0.3 is 0 Å². The fourth-order valence-electron chi connectivity index (χ4n) is 1.90. The van der Waals surface area contributed by atoms with E-state index >= 15 is 0 Å². The lowest BCUT2D eigenvalue weighted by Gasteiger charge is -2.00. The zero-order valence-corrected chi connectivity index (χ0v) is 13.4. The molecule has 0 saturated heterocycles. The molecule has 1 N–H and O–H groups in total. The van der Waals surface area contributed by atoms with E-state index in [0.29, 0.717) is 10.6 Å². The second-order valence-electron chi connectivity index (χ2n) is 4.42. The van der Waals surface area contributed by atoms with Gasteiger partial charge in [0, 0.05) is 22.9 Å². The molecule has 7 heteroatoms. The molecule has 0 unspecified atom stereocenters. The summed E-state index contributed by atoms with van der Waals surface area (Å²) in [5, 5.41) is 11.4. The Hall–Kier alpha value is -2.25. The highest BCUT2D eigenvalue weighted by Crippen LogP contribution is 2.16. The van der Waals surface area contributed by atoms with Crippen molar-refractivity contribution in [3.05, 3.63) is 59.1 Å². The quantitative estimate of drug-likeness (QED) is 0.452. The van der Waals surface area contributed by atoms with E-state index in [0.717, 1.165) is 11.1 Å². The number of nitrogens with one attached hydrogen (secondary N) is 1. The van der Waals surface area contributed by atoms with Crippen LogP contribution in [0.1, 0.15) is 5.56 Å². The van der Waals surface area contributed by atoms with Gasteiger partial charge in [-0.05, 0) is 48.3 Å². The van der Waals surface area contributed by atoms with Crippen LogP contribution in [-0.4, -0.2) is 32.3 Å². The monoisotopic (exact) mass is 327 g/mol. The van der Waals surface area contributed by atoms with Crippen LogP contribution in [0.5, 0.6) is 0 Å². The second kappa shape index (κ2) is 6.67. The van der Waals surface area contributed by atoms with E-state index in [9.17, 15) is 0 Å². The molecule has 0 aliphatic carbocycles. The predicted molar refractivity (Wildman–Crippen MR) is 91.9 cm³/mol. The van der Waals surface area contributed by atoms with Crippen molar-refractivity contribution in [1.82, 2.24) is 19.9 Å². The second-order valence-corrected chi connectivity index (χ2v) is 5.68. The molecule has 0 spiro atoms. The maximum atomic E-state index is 5.24. The van der Waals surface area contributed by atoms with Crippen LogP contribution in [0.4, 0.5) is 0 Å². The first kappa shape index (κ1) is 14.7. The van der Waals surface area contributed by atoms with Crippen molar-refractivity contribution >= 4 is 30.2 Å². The molecule has 110 valence electrons. The van der Waals surface area contributed by atoms with Crippen LogP contribution in [0.25, 0.3) is 11.4 Å². The van der Waals surface area contributed by atoms with Crippen LogP contribution >= 0.6 is 24.0 Å². The average molecular weight is 327 g/mol. The summed E-state index contributed by atoms with van der Waals surface area (Å²) in [6.45, 7) is 0. The highest BCUT2D eigenvalue weighted by atomic mass is 32.2. The lowest BCUT2D eigenvalue weighted by Crippen LogP contribution is -1.95. The van der Waals surface area contributed by atoms with E-state index in [1.807, 2.05) is 24.3 Å². The molecule has 0 atom stereocenters. The summed E-state index contributed by atoms with van der Waals surface area (Å²) in [4.78, 5) is 5.22. The molecule has 0 saturated carbocycles. The standard InChI is InChI=1S/C15H13N5S2/c1-22-13-4-2-11(3-5-13)10-17-20-14(18-19-15(20)21)12-6-8-16-9-7-12/h2-10H,1H3,(H,19,21). The Labute approximate surface area is 137 Å². The molecular formula is C15H13N5S2. The Kier molecular flexibility index (Phi) is 4.45. The van der Waals surface area contributed by atoms with Gasteiger partial charge in [0.15, 0.2) is 5.82 Å². The number of hydrogen-bond donors (Lipinski definition) is 1. The van der Waals surface area contributed by atoms with Gasteiger partial charge in [0.2, 0.25) is 4.77 Å². The summed E-state index contributed by atoms with van der Waals surface area (Å²) < 4.78 is 2.05. The lowest BCUT2D eigenvalue weighted by atomic mass is 10.2. The molecular weight excluding hydrogens is 314 g/mol. The molecule has 0 bridgehead atoms. The van der Waals surface area contributed by atoms with Crippen LogP contribution in [0.3, 0.4) is 0 Å². The van der Waals surface area contributed by atoms with Crippen molar-refractivity contribution in [2.75, 3.05) is 6.26 Å². The van der Waals surface area contributed by atoms with Gasteiger partial charge in [-0.3, -0.25) is 4.98 Å². The molecule has 0 aliphatic rings. The molecule has 1 aromatic carbocycles. The van der Waals surface area contributed by atoms with Crippen molar-refractivity contribution in [2.45, 2.75) is 4.90 Å². The van der Waals surface area contributed by atoms with E-state index < -0.39 is 0 Å². The summed E-state index contributed by atoms with van der Waals surface area (Å²) in [6, 6.07) is 11.9. The normalized spacial score (nSPS) is 11.1. The number of pyridine rings is 1. The Balaban J connectivity index is 1.93. The van der Waals surface area contributed by atoms with Crippen molar-refractivity contribution in [3.8, 4) is 11.4 Å². The SMILES string of the molecule is CSc1ccc(C=Nn2c(-c3ccncc3)n[nH]c2=S)cc1. The van der Waals surface area contributed by atoms with Crippen LogP contribution in [0, 0.1) is 4.77 Å². The van der Waals surface area contributed by atoms with E-state index in [1.165, 1.54) is 4.90 Å². The molecule has 22 heavy (non-hydrogen) atoms. The van der Waals surface area contributed by atoms with Gasteiger partial charge in [-0.25, -0.2) is 5.10 Å². The highest BCUT2D eigenvalue weighted by molar-refractivity contribution is 7.98. The summed E-state index contributed by atoms with van der Waals surface area (Å²) >= 11 is 6.95. The molecule has 0 fully saturated rings. The van der Waals surface area contributed by atoms with E-state index in [1.54, 1.807) is 35.0 Å². The van der Waals surface area contributed by atoms with Gasteiger partial charge in [0.1, 0.15) is 0 Å². The number of nitrogens with zero attached hydrogens (tertiary/aromatic N) is 4. The molecule has 2 heterocycles. The van der Waals surface area contributed by atoms with Gasteiger partial charge in [-0.15, -0.1) is 11.8 Å². The lowest BCUT2D eigenvalue weighted by molar-refractivity contribution is 0.871. The number of hydrogen-bond acceptors (Lipinski definition) is 5. The first-order valence-corrected chi connectivity index (χ1v) is 8.17. The molecule has 3 rings (SSSR count). The third-order valence-electron chi connectivity index (χ3n) is 3.03. The topological polar surface area (TPSA) is 58.9 Å². The first-order chi connectivity index (χ1) is 10.8. The summed E-state index contributed by atoms with van der Waals surface area (Å²) in [7, 11) is 0. The minimum atomic E-state index is 0.448. The fourth-order valence-corrected chi connectivity index (χ4v) is 2.49. The summed E-state index contributed by atoms with van der Waals surface area (Å²) in [5.74, 6) is 0.657. The van der Waals surface area contributed by atoms with Crippen molar-refractivity contribution in [1.29, 1.82) is 0 Å². The smallest absolute Gasteiger partial charge is 0.216 e. The van der Waals surface area contributed by atoms with Gasteiger partial charge in [0.05, 0.1) is 6.21 Å². The van der Waals surface area contributed by atoms with Gasteiger partial charge in [-0.1, -0.05) is 12.1 Å². The number of aromatic nitrogens is 4. The number of aromatic amines is 1. The van der Waals surface area contributed by atoms with E-state index in [2.05, 4.69) is 38.7 Å². The maximum Gasteiger partial charge on any atom is 0.216 e. The predicted octanol–water partition coefficient (Wildman–Crippen LogP) is 3.61. The van der Waals surface area contributed by atoms with Crippen LogP contribution in [0.2, 0.25) is 0 Å². The van der Waals surface area contributed by atoms with Gasteiger partial charge in [-0.2, -0.15) is 14.9 Å². The molecule has 0 amide bonds. The maximum absolute atomic E-state index is 5.24. The first-order valence-electron chi connectivity index (χ1n) is 6.54. The fraction of sp³-hybridized carbons (Fsp3) is 0.0667. The summed E-state index contributed by atoms with van der Waals surface area (Å²) in [6.07, 6.45) is 7.24. The average Bonchev–Trinajstić information content (AvgIpc) is 2.95. The van der Waals surface area contributed by atoms with Crippen molar-refractivity contribution < 1.29 is 0 Å². The Bertz CT molecular complexity index is 834. The molecule has 2 aromatic heterocycles. The third-order valence-corrected chi connectivity index (χ3v) is 4.03. The number of benzene rings is 1. The summed E-state index contributed by atoms with van der Waals surface area (Å²) in [5.41, 5.74) is 1.90. The molecule has 5 nitrogen and oxygen atoms in total. The van der Waals surface area contributed by atoms with Gasteiger partial charge in [0.25, 0.3) is 0 Å². The third kappa shape index (κ3) is 3.15. The van der Waals surface area contributed by atoms with Crippen molar-refractivity contribution in [3.63, 3.8) is 0 Å². The number of H-pyrrole nitrogens is 1. The molecule has 0 radical (unpaired) electrons.